The molecule has 0 aliphatic heterocycles. The molecule has 0 heterocycles. The first-order valence-corrected chi connectivity index (χ1v) is 19.6. The lowest BCUT2D eigenvalue weighted by atomic mass is 9.65. The molecule has 4 N–H and O–H groups in total. The van der Waals surface area contributed by atoms with E-state index in [9.17, 15) is 92.2 Å². The third-order valence-corrected chi connectivity index (χ3v) is 11.5. The van der Waals surface area contributed by atoms with Crippen molar-refractivity contribution in [3.05, 3.63) is 130 Å². The van der Waals surface area contributed by atoms with Gasteiger partial charge in [0.25, 0.3) is 0 Å². The standard InChI is InChI=1S/C42H24F32N2/c43-28(44,27(41(69,70)71,23-9-1-19(2-10-23)17-21-5-13-25(75)14-6-21)24-11-3-20(4-12-24)18-22-7-15-26(76)16-8-22)29(45,46)30(47,48)31(49,50)32(51,52)33(53,54)34(55,56)35(57,58)36(59,60)37(61,62)38(63,64)39(65,66)40(67,68)42(72,73)74/h1-16H,17-18,75-76H2. The molecule has 0 fully saturated rings. The van der Waals surface area contributed by atoms with Gasteiger partial charge in [-0.05, 0) is 70.5 Å². The van der Waals surface area contributed by atoms with E-state index in [1.807, 2.05) is 0 Å². The van der Waals surface area contributed by atoms with Crippen molar-refractivity contribution in [2.75, 3.05) is 11.5 Å². The molecule has 0 radical (unpaired) electrons. The highest BCUT2D eigenvalue weighted by Crippen LogP contribution is 2.71. The minimum Gasteiger partial charge on any atom is -0.399 e. The van der Waals surface area contributed by atoms with Crippen LogP contribution in [0.4, 0.5) is 152 Å². The van der Waals surface area contributed by atoms with Gasteiger partial charge in [0.2, 0.25) is 0 Å². The molecule has 34 heteroatoms. The Bertz CT molecular complexity index is 2580. The summed E-state index contributed by atoms with van der Waals surface area (Å²) in [7, 11) is 0. The monoisotopic (exact) mass is 1160 g/mol. The van der Waals surface area contributed by atoms with Gasteiger partial charge in [-0.2, -0.15) is 140 Å². The molecule has 426 valence electrons. The molecule has 4 aromatic carbocycles. The number of rotatable bonds is 19. The molecule has 0 unspecified atom stereocenters. The van der Waals surface area contributed by atoms with Crippen molar-refractivity contribution in [2.24, 2.45) is 0 Å². The molecule has 0 bridgehead atoms. The molecule has 0 amide bonds. The van der Waals surface area contributed by atoms with E-state index in [-0.39, 0.29) is 57.9 Å². The van der Waals surface area contributed by atoms with Gasteiger partial charge in [-0.15, -0.1) is 0 Å². The Hall–Kier alpha value is -5.76. The fourth-order valence-corrected chi connectivity index (χ4v) is 7.10. The highest BCUT2D eigenvalue weighted by Gasteiger charge is 3.01. The normalized spacial score (nSPS) is 15.3. The van der Waals surface area contributed by atoms with Gasteiger partial charge >= 0.3 is 89.3 Å². The van der Waals surface area contributed by atoms with Gasteiger partial charge in [0.05, 0.1) is 0 Å². The second-order valence-corrected chi connectivity index (χ2v) is 16.4. The summed E-state index contributed by atoms with van der Waals surface area (Å²) in [6, 6.07) is 9.88. The molecule has 0 aromatic heterocycles. The maximum atomic E-state index is 16.7. The predicted molar refractivity (Wildman–Crippen MR) is 197 cm³/mol. The lowest BCUT2D eigenvalue weighted by Crippen LogP contribution is -2.80. The van der Waals surface area contributed by atoms with Crippen molar-refractivity contribution in [1.82, 2.24) is 0 Å². The van der Waals surface area contributed by atoms with Crippen molar-refractivity contribution < 1.29 is 140 Å². The number of benzene rings is 4. The van der Waals surface area contributed by atoms with Gasteiger partial charge in [-0.1, -0.05) is 72.8 Å². The first-order chi connectivity index (χ1) is 33.6. The third-order valence-electron chi connectivity index (χ3n) is 11.5. The zero-order valence-electron chi connectivity index (χ0n) is 35.9. The van der Waals surface area contributed by atoms with Crippen molar-refractivity contribution in [2.45, 2.75) is 108 Å². The maximum absolute atomic E-state index is 16.7. The topological polar surface area (TPSA) is 52.0 Å². The number of halogens is 32. The predicted octanol–water partition coefficient (Wildman–Crippen LogP) is 15.7. The Morgan fingerprint density at radius 3 is 0.566 bits per heavy atom. The van der Waals surface area contributed by atoms with Gasteiger partial charge in [-0.3, -0.25) is 0 Å². The number of hydrogen-bond donors (Lipinski definition) is 2. The van der Waals surface area contributed by atoms with Crippen LogP contribution in [0, 0.1) is 0 Å². The first-order valence-electron chi connectivity index (χ1n) is 19.6. The van der Waals surface area contributed by atoms with E-state index < -0.39 is 119 Å². The Morgan fingerprint density at radius 2 is 0.382 bits per heavy atom. The number of alkyl halides is 32. The van der Waals surface area contributed by atoms with E-state index in [0.717, 1.165) is 0 Å². The summed E-state index contributed by atoms with van der Waals surface area (Å²) in [5.74, 6) is -126. The summed E-state index contributed by atoms with van der Waals surface area (Å²) in [6.45, 7) is 0. The van der Waals surface area contributed by atoms with E-state index in [4.69, 9.17) is 11.5 Å². The van der Waals surface area contributed by atoms with Crippen LogP contribution in [-0.4, -0.2) is 89.3 Å². The van der Waals surface area contributed by atoms with Crippen molar-refractivity contribution >= 4 is 11.4 Å². The number of anilines is 2. The van der Waals surface area contributed by atoms with E-state index in [1.165, 1.54) is 48.5 Å². The van der Waals surface area contributed by atoms with E-state index in [1.54, 1.807) is 0 Å². The number of nitrogen functional groups attached to an aromatic ring is 2. The zero-order chi connectivity index (χ0) is 59.3. The van der Waals surface area contributed by atoms with Crippen LogP contribution in [0.5, 0.6) is 0 Å². The third kappa shape index (κ3) is 8.62. The van der Waals surface area contributed by atoms with Gasteiger partial charge in [-0.25, -0.2) is 0 Å². The molecular formula is C42H24F32N2. The van der Waals surface area contributed by atoms with E-state index in [0.29, 0.717) is 24.3 Å². The molecule has 76 heavy (non-hydrogen) atoms. The first kappa shape index (κ1) is 62.8. The second kappa shape index (κ2) is 18.4. The Morgan fingerprint density at radius 1 is 0.211 bits per heavy atom. The van der Waals surface area contributed by atoms with Crippen LogP contribution < -0.4 is 11.5 Å². The summed E-state index contributed by atoms with van der Waals surface area (Å²) in [4.78, 5) is 0. The minimum atomic E-state index is -10.2. The van der Waals surface area contributed by atoms with Gasteiger partial charge < -0.3 is 11.5 Å². The van der Waals surface area contributed by atoms with Crippen LogP contribution in [0.2, 0.25) is 0 Å². The van der Waals surface area contributed by atoms with Gasteiger partial charge in [0.1, 0.15) is 0 Å². The van der Waals surface area contributed by atoms with Crippen molar-refractivity contribution in [3.8, 4) is 0 Å². The highest BCUT2D eigenvalue weighted by molar-refractivity contribution is 5.50. The van der Waals surface area contributed by atoms with Crippen LogP contribution >= 0.6 is 0 Å². The van der Waals surface area contributed by atoms with Gasteiger partial charge in [0.15, 0.2) is 5.41 Å². The van der Waals surface area contributed by atoms with E-state index >= 15 is 48.3 Å². The number of nitrogens with two attached hydrogens (primary N) is 2. The molecule has 0 atom stereocenters. The quantitative estimate of drug-likeness (QED) is 0.0726. The molecule has 0 saturated heterocycles. The summed E-state index contributed by atoms with van der Waals surface area (Å²) >= 11 is 0. The molecule has 0 aliphatic carbocycles. The average Bonchev–Trinajstić information content (AvgIpc) is 3.27. The lowest BCUT2D eigenvalue weighted by Gasteiger charge is -2.49. The summed E-state index contributed by atoms with van der Waals surface area (Å²) in [5, 5.41) is 0. The molecule has 0 aliphatic rings. The summed E-state index contributed by atoms with van der Waals surface area (Å²) in [6.07, 6.45) is -16.8. The molecule has 0 spiro atoms. The Kier molecular flexibility index (Phi) is 15.2. The molecular weight excluding hydrogens is 1140 g/mol. The fourth-order valence-electron chi connectivity index (χ4n) is 7.10. The number of hydrogen-bond acceptors (Lipinski definition) is 2. The van der Waals surface area contributed by atoms with Crippen molar-refractivity contribution in [1.29, 1.82) is 0 Å². The van der Waals surface area contributed by atoms with Crippen molar-refractivity contribution in [3.63, 3.8) is 0 Å². The average molecular weight is 1160 g/mol. The van der Waals surface area contributed by atoms with Gasteiger partial charge in [0, 0.05) is 11.4 Å². The van der Waals surface area contributed by atoms with Crippen LogP contribution in [0.3, 0.4) is 0 Å². The largest absolute Gasteiger partial charge is 0.460 e. The molecule has 4 rings (SSSR count). The van der Waals surface area contributed by atoms with Crippen LogP contribution in [-0.2, 0) is 18.3 Å². The van der Waals surface area contributed by atoms with Crippen LogP contribution in [0.15, 0.2) is 97.1 Å². The molecule has 4 aromatic rings. The lowest BCUT2D eigenvalue weighted by molar-refractivity contribution is -0.488. The summed E-state index contributed by atoms with van der Waals surface area (Å²) in [5.41, 5.74) is -0.658. The SMILES string of the molecule is Nc1ccc(Cc2ccc(C(c3ccc(Cc4ccc(N)cc4)cc3)(C(F)(F)F)C(F)(F)C(F)(F)C(F)(F)C(F)(F)C(F)(F)C(F)(F)C(F)(F)C(F)(F)C(F)(F)C(F)(F)C(F)(F)C(F)(F)C(F)(F)C(F)(F)F)cc2)cc1. The second-order valence-electron chi connectivity index (χ2n) is 16.4. The Labute approximate surface area is 401 Å². The fraction of sp³-hybridized carbons (Fsp3) is 0.429. The summed E-state index contributed by atoms with van der Waals surface area (Å²) < 4.78 is 466. The zero-order valence-corrected chi connectivity index (χ0v) is 35.9. The van der Waals surface area contributed by atoms with E-state index in [2.05, 4.69) is 0 Å². The molecule has 2 nitrogen and oxygen atoms in total. The Balaban J connectivity index is 1.98. The van der Waals surface area contributed by atoms with Crippen LogP contribution in [0.1, 0.15) is 33.4 Å². The van der Waals surface area contributed by atoms with Crippen LogP contribution in [0.25, 0.3) is 0 Å². The smallest absolute Gasteiger partial charge is 0.399 e. The highest BCUT2D eigenvalue weighted by atomic mass is 19.4. The minimum absolute atomic E-state index is 0.0913. The maximum Gasteiger partial charge on any atom is 0.460 e. The molecule has 0 saturated carbocycles.